The van der Waals surface area contributed by atoms with E-state index in [2.05, 4.69) is 15.3 Å². The summed E-state index contributed by atoms with van der Waals surface area (Å²) in [5, 5.41) is 7.28. The smallest absolute Gasteiger partial charge is 0.271 e. The average molecular weight is 340 g/mol. The van der Waals surface area contributed by atoms with Crippen molar-refractivity contribution in [2.45, 2.75) is 31.8 Å². The molecule has 0 radical (unpaired) electrons. The summed E-state index contributed by atoms with van der Waals surface area (Å²) < 4.78 is 1.47. The number of hydrogen-bond acceptors (Lipinski definition) is 4. The Balaban J connectivity index is 1.53. The van der Waals surface area contributed by atoms with Crippen LogP contribution in [0.4, 0.5) is 0 Å². The molecule has 2 fully saturated rings. The van der Waals surface area contributed by atoms with Crippen LogP contribution in [0.1, 0.15) is 30.3 Å². The summed E-state index contributed by atoms with van der Waals surface area (Å²) in [6, 6.07) is 0.0235. The lowest BCUT2D eigenvalue weighted by Gasteiger charge is -2.46. The second-order valence-corrected chi connectivity index (χ2v) is 6.57. The Kier molecular flexibility index (Phi) is 4.59. The number of carbonyl (C=O) groups is 2. The van der Waals surface area contributed by atoms with Crippen molar-refractivity contribution in [2.24, 2.45) is 7.05 Å². The van der Waals surface area contributed by atoms with Gasteiger partial charge < -0.3 is 10.2 Å². The van der Waals surface area contributed by atoms with Gasteiger partial charge >= 0.3 is 0 Å². The molecule has 3 heterocycles. The molecule has 7 nitrogen and oxygen atoms in total. The number of nitrogens with one attached hydrogen (secondary N) is 1. The number of rotatable bonds is 4. The maximum absolute atomic E-state index is 12.4. The topological polar surface area (TPSA) is 70.5 Å². The van der Waals surface area contributed by atoms with Crippen molar-refractivity contribution < 1.29 is 9.59 Å². The first kappa shape index (κ1) is 16.3. The Bertz CT molecular complexity index is 592. The number of aryl methyl sites for hydroxylation is 1. The summed E-state index contributed by atoms with van der Waals surface area (Å²) in [6.45, 7) is 5.04. The predicted octanol–water partition coefficient (Wildman–Crippen LogP) is 0.498. The van der Waals surface area contributed by atoms with E-state index in [-0.39, 0.29) is 23.9 Å². The molecule has 0 aromatic carbocycles. The average Bonchev–Trinajstić information content (AvgIpc) is 2.82. The maximum atomic E-state index is 12.4. The lowest BCUT2D eigenvalue weighted by molar-refractivity contribution is -0.142. The van der Waals surface area contributed by atoms with Crippen LogP contribution in [0.2, 0.25) is 5.02 Å². The molecular formula is C15H22ClN5O2. The molecule has 0 saturated carbocycles. The fourth-order valence-electron chi connectivity index (χ4n) is 3.35. The number of halogens is 1. The molecule has 3 rings (SSSR count). The van der Waals surface area contributed by atoms with E-state index in [0.717, 1.165) is 25.9 Å². The lowest BCUT2D eigenvalue weighted by atomic mass is 9.97. The van der Waals surface area contributed by atoms with Crippen LogP contribution in [0.15, 0.2) is 6.20 Å². The summed E-state index contributed by atoms with van der Waals surface area (Å²) in [5.74, 6) is 0.00279. The number of aromatic nitrogens is 2. The minimum atomic E-state index is -0.218. The van der Waals surface area contributed by atoms with Crippen molar-refractivity contribution in [1.29, 1.82) is 0 Å². The van der Waals surface area contributed by atoms with Crippen LogP contribution in [-0.2, 0) is 11.8 Å². The van der Waals surface area contributed by atoms with E-state index in [1.54, 1.807) is 7.05 Å². The van der Waals surface area contributed by atoms with E-state index in [1.807, 2.05) is 11.8 Å². The van der Waals surface area contributed by atoms with Crippen molar-refractivity contribution in [3.05, 3.63) is 16.9 Å². The van der Waals surface area contributed by atoms with Gasteiger partial charge in [0.25, 0.3) is 5.91 Å². The van der Waals surface area contributed by atoms with E-state index in [9.17, 15) is 9.59 Å². The van der Waals surface area contributed by atoms with Gasteiger partial charge in [0.05, 0.1) is 23.3 Å². The number of hydrogen-bond donors (Lipinski definition) is 1. The Hall–Kier alpha value is -1.60. The second-order valence-electron chi connectivity index (χ2n) is 6.16. The van der Waals surface area contributed by atoms with Gasteiger partial charge in [0.2, 0.25) is 5.91 Å². The number of nitrogens with zero attached hydrogens (tertiary/aromatic N) is 4. The Morgan fingerprint density at radius 2 is 2.22 bits per heavy atom. The molecule has 2 saturated heterocycles. The molecule has 0 bridgehead atoms. The minimum Gasteiger partial charge on any atom is -0.345 e. The van der Waals surface area contributed by atoms with Crippen molar-refractivity contribution in [3.8, 4) is 0 Å². The molecule has 1 aromatic rings. The third-order valence-electron chi connectivity index (χ3n) is 4.68. The van der Waals surface area contributed by atoms with E-state index in [4.69, 9.17) is 11.6 Å². The molecule has 1 N–H and O–H groups in total. The molecule has 126 valence electrons. The largest absolute Gasteiger partial charge is 0.345 e. The predicted molar refractivity (Wildman–Crippen MR) is 86.3 cm³/mol. The van der Waals surface area contributed by atoms with Gasteiger partial charge in [0.1, 0.15) is 5.69 Å². The molecule has 2 aliphatic heterocycles. The highest BCUT2D eigenvalue weighted by atomic mass is 35.5. The number of likely N-dealkylation sites (tertiary alicyclic amines) is 2. The van der Waals surface area contributed by atoms with Crippen LogP contribution < -0.4 is 5.32 Å². The van der Waals surface area contributed by atoms with Gasteiger partial charge in [-0.15, -0.1) is 0 Å². The van der Waals surface area contributed by atoms with Crippen LogP contribution in [0.5, 0.6) is 0 Å². The van der Waals surface area contributed by atoms with Gasteiger partial charge in [-0.1, -0.05) is 11.6 Å². The third kappa shape index (κ3) is 3.07. The Morgan fingerprint density at radius 1 is 1.48 bits per heavy atom. The number of amides is 2. The third-order valence-corrected chi connectivity index (χ3v) is 4.96. The van der Waals surface area contributed by atoms with Crippen molar-refractivity contribution >= 4 is 23.4 Å². The van der Waals surface area contributed by atoms with Crippen LogP contribution in [0.25, 0.3) is 0 Å². The minimum absolute atomic E-state index is 0.0304. The fraction of sp³-hybridized carbons (Fsp3) is 0.667. The highest BCUT2D eigenvalue weighted by Crippen LogP contribution is 2.23. The molecule has 2 aliphatic rings. The molecule has 1 unspecified atom stereocenters. The zero-order chi connectivity index (χ0) is 16.6. The Labute approximate surface area is 140 Å². The van der Waals surface area contributed by atoms with Gasteiger partial charge in [-0.05, 0) is 19.8 Å². The SMILES string of the molecule is CCN1CCCC(N2CC(NC(=O)c3c(Cl)cnn3C)C2)C1=O. The first-order valence-corrected chi connectivity index (χ1v) is 8.40. The highest BCUT2D eigenvalue weighted by molar-refractivity contribution is 6.33. The standard InChI is InChI=1S/C15H22ClN5O2/c1-3-20-6-4-5-12(15(20)23)21-8-10(9-21)18-14(22)13-11(16)7-17-19(13)2/h7,10,12H,3-6,8-9H2,1-2H3,(H,18,22). The lowest BCUT2D eigenvalue weighted by Crippen LogP contribution is -2.66. The normalized spacial score (nSPS) is 23.0. The van der Waals surface area contributed by atoms with Crippen LogP contribution in [0, 0.1) is 0 Å². The van der Waals surface area contributed by atoms with Gasteiger partial charge in [-0.3, -0.25) is 19.2 Å². The molecule has 23 heavy (non-hydrogen) atoms. The van der Waals surface area contributed by atoms with Crippen molar-refractivity contribution in [2.75, 3.05) is 26.2 Å². The second kappa shape index (κ2) is 6.49. The molecule has 1 aromatic heterocycles. The molecular weight excluding hydrogens is 318 g/mol. The van der Waals surface area contributed by atoms with Gasteiger partial charge in [0, 0.05) is 33.2 Å². The van der Waals surface area contributed by atoms with Gasteiger partial charge in [0.15, 0.2) is 0 Å². The van der Waals surface area contributed by atoms with E-state index in [0.29, 0.717) is 23.8 Å². The molecule has 2 amide bonds. The summed E-state index contributed by atoms with van der Waals surface area (Å²) >= 11 is 5.98. The first-order valence-electron chi connectivity index (χ1n) is 8.02. The number of piperidine rings is 1. The molecule has 1 atom stereocenters. The summed E-state index contributed by atoms with van der Waals surface area (Å²) in [5.41, 5.74) is 0.371. The van der Waals surface area contributed by atoms with Crippen molar-refractivity contribution in [3.63, 3.8) is 0 Å². The zero-order valence-electron chi connectivity index (χ0n) is 13.5. The van der Waals surface area contributed by atoms with Gasteiger partial charge in [-0.2, -0.15) is 5.10 Å². The number of carbonyl (C=O) groups excluding carboxylic acids is 2. The van der Waals surface area contributed by atoms with Crippen LogP contribution in [-0.4, -0.2) is 69.7 Å². The van der Waals surface area contributed by atoms with Crippen molar-refractivity contribution in [1.82, 2.24) is 24.9 Å². The molecule has 0 aliphatic carbocycles. The maximum Gasteiger partial charge on any atom is 0.271 e. The van der Waals surface area contributed by atoms with Crippen LogP contribution in [0.3, 0.4) is 0 Å². The Morgan fingerprint density at radius 3 is 2.83 bits per heavy atom. The summed E-state index contributed by atoms with van der Waals surface area (Å²) in [7, 11) is 1.69. The highest BCUT2D eigenvalue weighted by Gasteiger charge is 2.40. The molecule has 0 spiro atoms. The van der Waals surface area contributed by atoms with E-state index < -0.39 is 0 Å². The fourth-order valence-corrected chi connectivity index (χ4v) is 3.60. The first-order chi connectivity index (χ1) is 11.0. The zero-order valence-corrected chi connectivity index (χ0v) is 14.2. The van der Waals surface area contributed by atoms with Crippen LogP contribution >= 0.6 is 11.6 Å². The number of likely N-dealkylation sites (N-methyl/N-ethyl adjacent to an activating group) is 1. The van der Waals surface area contributed by atoms with E-state index in [1.165, 1.54) is 10.9 Å². The summed E-state index contributed by atoms with van der Waals surface area (Å²) in [6.07, 6.45) is 3.41. The summed E-state index contributed by atoms with van der Waals surface area (Å²) in [4.78, 5) is 28.7. The quantitative estimate of drug-likeness (QED) is 0.867. The van der Waals surface area contributed by atoms with Gasteiger partial charge in [-0.25, -0.2) is 0 Å². The van der Waals surface area contributed by atoms with E-state index >= 15 is 0 Å². The monoisotopic (exact) mass is 339 g/mol. The molecule has 8 heteroatoms.